The predicted octanol–water partition coefficient (Wildman–Crippen LogP) is 2.11. The Morgan fingerprint density at radius 3 is 2.83 bits per heavy atom. The van der Waals surface area contributed by atoms with E-state index in [0.29, 0.717) is 11.0 Å². The van der Waals surface area contributed by atoms with E-state index in [1.54, 1.807) is 0 Å². The van der Waals surface area contributed by atoms with Crippen molar-refractivity contribution < 1.29 is 0 Å². The zero-order chi connectivity index (χ0) is 8.97. The molecule has 0 N–H and O–H groups in total. The molecular weight excluding hydrogens is 194 g/mol. The summed E-state index contributed by atoms with van der Waals surface area (Å²) < 4.78 is 1.94. The predicted molar refractivity (Wildman–Crippen MR) is 51.7 cm³/mol. The number of alkyl halides is 1. The topological polar surface area (TPSA) is 30.7 Å². The second kappa shape index (κ2) is 4.72. The Hall–Kier alpha value is -0.220. The Labute approximate surface area is 82.5 Å². The molecule has 3 nitrogen and oxygen atoms in total. The lowest BCUT2D eigenvalue weighted by atomic mass is 10.3. The normalized spacial score (nSPS) is 10.6. The van der Waals surface area contributed by atoms with Crippen LogP contribution in [0.5, 0.6) is 0 Å². The number of hydrogen-bond acceptors (Lipinski definition) is 3. The lowest BCUT2D eigenvalue weighted by molar-refractivity contribution is 0.573. The smallest absolute Gasteiger partial charge is 0.188 e. The minimum atomic E-state index is 0.400. The van der Waals surface area contributed by atoms with Crippen molar-refractivity contribution in [2.45, 2.75) is 37.3 Å². The third-order valence-electron chi connectivity index (χ3n) is 1.66. The van der Waals surface area contributed by atoms with Crippen LogP contribution in [-0.4, -0.2) is 14.8 Å². The monoisotopic (exact) mass is 205 g/mol. The molecule has 1 heterocycles. The fourth-order valence-corrected chi connectivity index (χ4v) is 1.43. The summed E-state index contributed by atoms with van der Waals surface area (Å²) in [5.41, 5.74) is 0. The number of nitrogens with zero attached hydrogens (tertiary/aromatic N) is 3. The summed E-state index contributed by atoms with van der Waals surface area (Å²) in [6, 6.07) is 0. The molecule has 0 radical (unpaired) electrons. The van der Waals surface area contributed by atoms with Crippen molar-refractivity contribution in [2.24, 2.45) is 0 Å². The van der Waals surface area contributed by atoms with Crippen LogP contribution in [0, 0.1) is 0 Å². The van der Waals surface area contributed by atoms with Gasteiger partial charge in [0.2, 0.25) is 0 Å². The summed E-state index contributed by atoms with van der Waals surface area (Å²) in [6.45, 7) is 3.05. The minimum absolute atomic E-state index is 0.400. The first-order chi connectivity index (χ1) is 5.79. The highest BCUT2D eigenvalue weighted by atomic mass is 35.5. The fraction of sp³-hybridized carbons (Fsp3) is 0.714. The van der Waals surface area contributed by atoms with Crippen LogP contribution in [0.2, 0.25) is 0 Å². The Kier molecular flexibility index (Phi) is 3.88. The number of unbranched alkanes of at least 4 members (excludes halogenated alkanes) is 1. The summed E-state index contributed by atoms with van der Waals surface area (Å²) in [7, 11) is 0. The van der Waals surface area contributed by atoms with E-state index in [2.05, 4.69) is 29.7 Å². The summed E-state index contributed by atoms with van der Waals surface area (Å²) >= 11 is 9.84. The third kappa shape index (κ3) is 2.14. The molecule has 0 saturated carbocycles. The highest BCUT2D eigenvalue weighted by Gasteiger charge is 2.06. The van der Waals surface area contributed by atoms with E-state index in [4.69, 9.17) is 11.6 Å². The number of halogens is 1. The van der Waals surface area contributed by atoms with Gasteiger partial charge in [-0.25, -0.2) is 0 Å². The molecule has 0 unspecified atom stereocenters. The third-order valence-corrected chi connectivity index (χ3v) is 2.23. The summed E-state index contributed by atoms with van der Waals surface area (Å²) in [6.07, 6.45) is 2.25. The van der Waals surface area contributed by atoms with Gasteiger partial charge in [0, 0.05) is 6.54 Å². The number of hydrogen-bond donors (Lipinski definition) is 1. The van der Waals surface area contributed by atoms with Crippen molar-refractivity contribution in [3.05, 3.63) is 5.82 Å². The van der Waals surface area contributed by atoms with Crippen LogP contribution in [0.4, 0.5) is 0 Å². The maximum Gasteiger partial charge on any atom is 0.188 e. The first-order valence-corrected chi connectivity index (χ1v) is 4.94. The van der Waals surface area contributed by atoms with Crippen LogP contribution in [0.25, 0.3) is 0 Å². The number of rotatable bonds is 4. The van der Waals surface area contributed by atoms with Gasteiger partial charge in [0.25, 0.3) is 0 Å². The molecule has 0 aromatic carbocycles. The van der Waals surface area contributed by atoms with E-state index in [0.717, 1.165) is 25.2 Å². The van der Waals surface area contributed by atoms with Gasteiger partial charge in [0.15, 0.2) is 5.16 Å². The van der Waals surface area contributed by atoms with Gasteiger partial charge in [-0.05, 0) is 6.42 Å². The van der Waals surface area contributed by atoms with E-state index in [-0.39, 0.29) is 0 Å². The molecule has 0 aliphatic rings. The molecule has 1 aromatic rings. The SMILES string of the molecule is CCCCn1c(S)nnc1CCl. The zero-order valence-electron chi connectivity index (χ0n) is 7.00. The molecule has 0 spiro atoms. The van der Waals surface area contributed by atoms with Crippen molar-refractivity contribution >= 4 is 24.2 Å². The van der Waals surface area contributed by atoms with E-state index >= 15 is 0 Å². The molecule has 0 saturated heterocycles. The van der Waals surface area contributed by atoms with Gasteiger partial charge in [-0.2, -0.15) is 0 Å². The Morgan fingerprint density at radius 2 is 2.25 bits per heavy atom. The van der Waals surface area contributed by atoms with Crippen molar-refractivity contribution in [3.63, 3.8) is 0 Å². The minimum Gasteiger partial charge on any atom is -0.305 e. The second-order valence-electron chi connectivity index (χ2n) is 2.56. The van der Waals surface area contributed by atoms with Crippen LogP contribution in [-0.2, 0) is 12.4 Å². The van der Waals surface area contributed by atoms with Crippen molar-refractivity contribution in [1.29, 1.82) is 0 Å². The zero-order valence-corrected chi connectivity index (χ0v) is 8.65. The standard InChI is InChI=1S/C7H12ClN3S/c1-2-3-4-11-6(5-8)9-10-7(11)12/h2-5H2,1H3,(H,10,12). The van der Waals surface area contributed by atoms with Gasteiger partial charge in [-0.15, -0.1) is 34.4 Å². The second-order valence-corrected chi connectivity index (χ2v) is 3.22. The highest BCUT2D eigenvalue weighted by molar-refractivity contribution is 7.80. The summed E-state index contributed by atoms with van der Waals surface area (Å²) in [4.78, 5) is 0. The van der Waals surface area contributed by atoms with Crippen LogP contribution in [0.3, 0.4) is 0 Å². The summed E-state index contributed by atoms with van der Waals surface area (Å²) in [5.74, 6) is 1.20. The van der Waals surface area contributed by atoms with Crippen LogP contribution in [0.15, 0.2) is 5.16 Å². The molecule has 0 fully saturated rings. The Balaban J connectivity index is 2.72. The first kappa shape index (κ1) is 9.86. The molecular formula is C7H12ClN3S. The fourth-order valence-electron chi connectivity index (χ4n) is 0.970. The maximum absolute atomic E-state index is 5.67. The lowest BCUT2D eigenvalue weighted by Crippen LogP contribution is -2.02. The van der Waals surface area contributed by atoms with Crippen LogP contribution < -0.4 is 0 Å². The average Bonchev–Trinajstić information content (AvgIpc) is 2.43. The van der Waals surface area contributed by atoms with Gasteiger partial charge in [-0.1, -0.05) is 13.3 Å². The molecule has 0 bridgehead atoms. The van der Waals surface area contributed by atoms with Gasteiger partial charge in [0.1, 0.15) is 5.82 Å². The molecule has 0 amide bonds. The van der Waals surface area contributed by atoms with Crippen molar-refractivity contribution in [3.8, 4) is 0 Å². The number of thiol groups is 1. The van der Waals surface area contributed by atoms with Gasteiger partial charge >= 0.3 is 0 Å². The van der Waals surface area contributed by atoms with Gasteiger partial charge < -0.3 is 4.57 Å². The van der Waals surface area contributed by atoms with Crippen molar-refractivity contribution in [2.75, 3.05) is 0 Å². The highest BCUT2D eigenvalue weighted by Crippen LogP contribution is 2.09. The van der Waals surface area contributed by atoms with Crippen LogP contribution >= 0.6 is 24.2 Å². The molecule has 5 heteroatoms. The first-order valence-electron chi connectivity index (χ1n) is 3.96. The lowest BCUT2D eigenvalue weighted by Gasteiger charge is -2.03. The van der Waals surface area contributed by atoms with E-state index in [9.17, 15) is 0 Å². The van der Waals surface area contributed by atoms with Gasteiger partial charge in [0.05, 0.1) is 5.88 Å². The summed E-state index contributed by atoms with van der Waals surface area (Å²) in [5, 5.41) is 8.38. The van der Waals surface area contributed by atoms with E-state index < -0.39 is 0 Å². The molecule has 1 rings (SSSR count). The Morgan fingerprint density at radius 1 is 1.50 bits per heavy atom. The quantitative estimate of drug-likeness (QED) is 0.603. The molecule has 0 aliphatic heterocycles. The van der Waals surface area contributed by atoms with Crippen molar-refractivity contribution in [1.82, 2.24) is 14.8 Å². The van der Waals surface area contributed by atoms with Gasteiger partial charge in [-0.3, -0.25) is 0 Å². The Bertz CT molecular complexity index is 249. The van der Waals surface area contributed by atoms with Crippen LogP contribution in [0.1, 0.15) is 25.6 Å². The molecule has 0 atom stereocenters. The number of aromatic nitrogens is 3. The molecule has 0 aliphatic carbocycles. The largest absolute Gasteiger partial charge is 0.305 e. The average molecular weight is 206 g/mol. The molecule has 1 aromatic heterocycles. The maximum atomic E-state index is 5.67. The van der Waals surface area contributed by atoms with E-state index in [1.807, 2.05) is 4.57 Å². The molecule has 68 valence electrons. The molecule has 12 heavy (non-hydrogen) atoms. The van der Waals surface area contributed by atoms with E-state index in [1.165, 1.54) is 0 Å².